The van der Waals surface area contributed by atoms with Crippen molar-refractivity contribution < 1.29 is 9.21 Å². The number of hydrogen-bond acceptors (Lipinski definition) is 5. The van der Waals surface area contributed by atoms with Gasteiger partial charge in [0.25, 0.3) is 6.01 Å². The Morgan fingerprint density at radius 3 is 3.00 bits per heavy atom. The zero-order chi connectivity index (χ0) is 13.8. The highest BCUT2D eigenvalue weighted by Gasteiger charge is 2.07. The summed E-state index contributed by atoms with van der Waals surface area (Å²) in [7, 11) is 0. The van der Waals surface area contributed by atoms with Crippen LogP contribution in [0.5, 0.6) is 0 Å². The number of hydrogen-bond donors (Lipinski definition) is 3. The molecular formula is C13H18N4O2. The highest BCUT2D eigenvalue weighted by atomic mass is 16.4. The minimum absolute atomic E-state index is 0.00264. The predicted molar refractivity (Wildman–Crippen MR) is 74.8 cm³/mol. The molecule has 2 rings (SSSR count). The number of nitrogen functional groups attached to an aromatic ring is 1. The minimum Gasteiger partial charge on any atom is -0.424 e. The average Bonchev–Trinajstić information content (AvgIpc) is 2.69. The van der Waals surface area contributed by atoms with Gasteiger partial charge in [-0.2, -0.15) is 4.98 Å². The summed E-state index contributed by atoms with van der Waals surface area (Å²) < 4.78 is 5.48. The van der Waals surface area contributed by atoms with Gasteiger partial charge in [0.2, 0.25) is 5.91 Å². The van der Waals surface area contributed by atoms with Crippen LogP contribution in [-0.2, 0) is 4.79 Å². The van der Waals surface area contributed by atoms with Gasteiger partial charge >= 0.3 is 0 Å². The summed E-state index contributed by atoms with van der Waals surface area (Å²) in [5.41, 5.74) is 7.68. The summed E-state index contributed by atoms with van der Waals surface area (Å²) in [6, 6.07) is 5.83. The van der Waals surface area contributed by atoms with Gasteiger partial charge in [-0.25, -0.2) is 0 Å². The van der Waals surface area contributed by atoms with E-state index in [4.69, 9.17) is 10.2 Å². The zero-order valence-electron chi connectivity index (χ0n) is 11.1. The lowest BCUT2D eigenvalue weighted by molar-refractivity contribution is -0.121. The number of carbonyl (C=O) groups excluding carboxylic acids is 1. The SMILES string of the molecule is CC(C)NC(=O)CCNc1nc2cc(N)ccc2o1. The Morgan fingerprint density at radius 1 is 1.47 bits per heavy atom. The number of anilines is 2. The van der Waals surface area contributed by atoms with Gasteiger partial charge in [0.1, 0.15) is 5.52 Å². The van der Waals surface area contributed by atoms with E-state index in [2.05, 4.69) is 15.6 Å². The molecule has 19 heavy (non-hydrogen) atoms. The molecule has 102 valence electrons. The van der Waals surface area contributed by atoms with Crippen LogP contribution in [0.15, 0.2) is 22.6 Å². The number of oxazole rings is 1. The van der Waals surface area contributed by atoms with Crippen molar-refractivity contribution in [2.24, 2.45) is 0 Å². The molecule has 0 bridgehead atoms. The molecule has 0 radical (unpaired) electrons. The van der Waals surface area contributed by atoms with Gasteiger partial charge in [-0.1, -0.05) is 0 Å². The zero-order valence-corrected chi connectivity index (χ0v) is 11.1. The summed E-state index contributed by atoms with van der Waals surface area (Å²) >= 11 is 0. The van der Waals surface area contributed by atoms with E-state index in [1.165, 1.54) is 0 Å². The molecule has 1 aromatic heterocycles. The number of rotatable bonds is 5. The van der Waals surface area contributed by atoms with Gasteiger partial charge < -0.3 is 20.8 Å². The van der Waals surface area contributed by atoms with Crippen LogP contribution in [0.3, 0.4) is 0 Å². The Morgan fingerprint density at radius 2 is 2.26 bits per heavy atom. The average molecular weight is 262 g/mol. The molecule has 0 saturated carbocycles. The van der Waals surface area contributed by atoms with Crippen molar-refractivity contribution in [3.05, 3.63) is 18.2 Å². The number of nitrogens with two attached hydrogens (primary N) is 1. The van der Waals surface area contributed by atoms with Gasteiger partial charge in [-0.05, 0) is 32.0 Å². The third kappa shape index (κ3) is 3.61. The maximum Gasteiger partial charge on any atom is 0.295 e. The van der Waals surface area contributed by atoms with Crippen molar-refractivity contribution in [1.82, 2.24) is 10.3 Å². The van der Waals surface area contributed by atoms with Crippen LogP contribution in [0, 0.1) is 0 Å². The molecule has 0 aliphatic carbocycles. The lowest BCUT2D eigenvalue weighted by Crippen LogP contribution is -2.31. The number of nitrogens with one attached hydrogen (secondary N) is 2. The molecule has 1 aromatic carbocycles. The van der Waals surface area contributed by atoms with Gasteiger partial charge in [0.15, 0.2) is 5.58 Å². The third-order valence-corrected chi connectivity index (χ3v) is 2.49. The van der Waals surface area contributed by atoms with Crippen LogP contribution in [0.1, 0.15) is 20.3 Å². The van der Waals surface area contributed by atoms with E-state index in [0.29, 0.717) is 35.8 Å². The molecule has 0 fully saturated rings. The molecule has 1 amide bonds. The summed E-state index contributed by atoms with van der Waals surface area (Å²) in [6.07, 6.45) is 0.374. The summed E-state index contributed by atoms with van der Waals surface area (Å²) in [6.45, 7) is 4.33. The molecular weight excluding hydrogens is 244 g/mol. The van der Waals surface area contributed by atoms with Crippen LogP contribution in [-0.4, -0.2) is 23.5 Å². The molecule has 0 saturated heterocycles. The van der Waals surface area contributed by atoms with Gasteiger partial charge in [-0.15, -0.1) is 0 Å². The standard InChI is InChI=1S/C13H18N4O2/c1-8(2)16-12(18)5-6-15-13-17-10-7-9(14)3-4-11(10)19-13/h3-4,7-8H,5-6,14H2,1-2H3,(H,15,17)(H,16,18). The smallest absolute Gasteiger partial charge is 0.295 e. The Kier molecular flexibility index (Phi) is 3.89. The molecule has 0 aliphatic rings. The van der Waals surface area contributed by atoms with E-state index in [-0.39, 0.29) is 11.9 Å². The molecule has 6 nitrogen and oxygen atoms in total. The first-order chi connectivity index (χ1) is 9.04. The van der Waals surface area contributed by atoms with Crippen LogP contribution in [0.4, 0.5) is 11.7 Å². The van der Waals surface area contributed by atoms with Gasteiger partial charge in [0.05, 0.1) is 0 Å². The van der Waals surface area contributed by atoms with Crippen molar-refractivity contribution in [3.8, 4) is 0 Å². The van der Waals surface area contributed by atoms with E-state index < -0.39 is 0 Å². The highest BCUT2D eigenvalue weighted by molar-refractivity contribution is 5.78. The molecule has 0 atom stereocenters. The van der Waals surface area contributed by atoms with Crippen LogP contribution < -0.4 is 16.4 Å². The van der Waals surface area contributed by atoms with E-state index in [1.807, 2.05) is 13.8 Å². The van der Waals surface area contributed by atoms with Crippen molar-refractivity contribution in [2.75, 3.05) is 17.6 Å². The van der Waals surface area contributed by atoms with Crippen molar-refractivity contribution in [2.45, 2.75) is 26.3 Å². The largest absolute Gasteiger partial charge is 0.424 e. The lowest BCUT2D eigenvalue weighted by Gasteiger charge is -2.07. The van der Waals surface area contributed by atoms with Gasteiger partial charge in [0, 0.05) is 24.7 Å². The van der Waals surface area contributed by atoms with Gasteiger partial charge in [-0.3, -0.25) is 4.79 Å². The molecule has 0 aliphatic heterocycles. The van der Waals surface area contributed by atoms with E-state index >= 15 is 0 Å². The summed E-state index contributed by atoms with van der Waals surface area (Å²) in [5, 5.41) is 5.79. The second-order valence-corrected chi connectivity index (χ2v) is 4.65. The fraction of sp³-hybridized carbons (Fsp3) is 0.385. The normalized spacial score (nSPS) is 10.9. The molecule has 6 heteroatoms. The maximum atomic E-state index is 11.4. The minimum atomic E-state index is 0.00264. The predicted octanol–water partition coefficient (Wildman–Crippen LogP) is 1.74. The third-order valence-electron chi connectivity index (χ3n) is 2.49. The fourth-order valence-corrected chi connectivity index (χ4v) is 1.70. The number of carbonyl (C=O) groups is 1. The second-order valence-electron chi connectivity index (χ2n) is 4.65. The number of fused-ring (bicyclic) bond motifs is 1. The summed E-state index contributed by atoms with van der Waals surface area (Å²) in [4.78, 5) is 15.7. The quantitative estimate of drug-likeness (QED) is 0.714. The highest BCUT2D eigenvalue weighted by Crippen LogP contribution is 2.20. The monoisotopic (exact) mass is 262 g/mol. The Hall–Kier alpha value is -2.24. The fourth-order valence-electron chi connectivity index (χ4n) is 1.70. The van der Waals surface area contributed by atoms with Crippen molar-refractivity contribution >= 4 is 28.7 Å². The Labute approximate surface area is 111 Å². The molecule has 0 spiro atoms. The first-order valence-corrected chi connectivity index (χ1v) is 6.24. The first-order valence-electron chi connectivity index (χ1n) is 6.24. The second kappa shape index (κ2) is 5.60. The van der Waals surface area contributed by atoms with E-state index in [0.717, 1.165) is 0 Å². The van der Waals surface area contributed by atoms with Crippen LogP contribution in [0.2, 0.25) is 0 Å². The molecule has 4 N–H and O–H groups in total. The Balaban J connectivity index is 1.89. The van der Waals surface area contributed by atoms with E-state index in [1.54, 1.807) is 18.2 Å². The first kappa shape index (κ1) is 13.2. The topological polar surface area (TPSA) is 93.2 Å². The molecule has 2 aromatic rings. The Bertz CT molecular complexity index is 577. The summed E-state index contributed by atoms with van der Waals surface area (Å²) in [5.74, 6) is 0.00264. The maximum absolute atomic E-state index is 11.4. The number of nitrogens with zero attached hydrogens (tertiary/aromatic N) is 1. The van der Waals surface area contributed by atoms with Crippen LogP contribution >= 0.6 is 0 Å². The van der Waals surface area contributed by atoms with Crippen molar-refractivity contribution in [3.63, 3.8) is 0 Å². The number of benzene rings is 1. The van der Waals surface area contributed by atoms with Crippen molar-refractivity contribution in [1.29, 1.82) is 0 Å². The van der Waals surface area contributed by atoms with Crippen LogP contribution in [0.25, 0.3) is 11.1 Å². The number of aromatic nitrogens is 1. The number of amides is 1. The molecule has 0 unspecified atom stereocenters. The molecule has 1 heterocycles. The van der Waals surface area contributed by atoms with E-state index in [9.17, 15) is 4.79 Å². The lowest BCUT2D eigenvalue weighted by atomic mass is 10.3.